The molecule has 0 bridgehead atoms. The maximum Gasteiger partial charge on any atom is 0.230 e. The second-order valence-electron chi connectivity index (χ2n) is 7.76. The number of thioether (sulfide) groups is 1. The fourth-order valence-electron chi connectivity index (χ4n) is 4.22. The number of carbonyl (C=O) groups excluding carboxylic acids is 1. The van der Waals surface area contributed by atoms with Crippen molar-refractivity contribution in [3.05, 3.63) is 66.5 Å². The lowest BCUT2D eigenvalue weighted by molar-refractivity contribution is -0.118. The topological polar surface area (TPSA) is 59.8 Å². The van der Waals surface area contributed by atoms with Crippen molar-refractivity contribution in [1.29, 1.82) is 0 Å². The molecule has 1 aromatic heterocycles. The normalized spacial score (nSPS) is 14.7. The molecule has 0 radical (unpaired) electrons. The van der Waals surface area contributed by atoms with Gasteiger partial charge in [-0.1, -0.05) is 79.6 Å². The molecule has 0 saturated heterocycles. The molecule has 1 amide bonds. The molecule has 1 aliphatic rings. The number of hydrogen-bond donors (Lipinski definition) is 1. The molecule has 5 nitrogen and oxygen atoms in total. The zero-order chi connectivity index (χ0) is 20.8. The summed E-state index contributed by atoms with van der Waals surface area (Å²) < 4.78 is 2.31. The summed E-state index contributed by atoms with van der Waals surface area (Å²) >= 11 is 1.48. The van der Waals surface area contributed by atoms with Crippen LogP contribution in [-0.4, -0.2) is 33.0 Å². The van der Waals surface area contributed by atoms with Gasteiger partial charge in [-0.25, -0.2) is 0 Å². The number of hydrogen-bond acceptors (Lipinski definition) is 4. The summed E-state index contributed by atoms with van der Waals surface area (Å²) in [7, 11) is 0. The van der Waals surface area contributed by atoms with Crippen molar-refractivity contribution in [2.24, 2.45) is 0 Å². The van der Waals surface area contributed by atoms with Crippen molar-refractivity contribution >= 4 is 28.4 Å². The van der Waals surface area contributed by atoms with Gasteiger partial charge in [-0.15, -0.1) is 16.8 Å². The van der Waals surface area contributed by atoms with Crippen LogP contribution in [0.5, 0.6) is 0 Å². The number of carbonyl (C=O) groups is 1. The molecule has 1 heterocycles. The van der Waals surface area contributed by atoms with Crippen molar-refractivity contribution in [1.82, 2.24) is 20.1 Å². The van der Waals surface area contributed by atoms with Crippen LogP contribution in [0.15, 0.2) is 60.3 Å². The Morgan fingerprint density at radius 1 is 1.13 bits per heavy atom. The van der Waals surface area contributed by atoms with Gasteiger partial charge in [0.2, 0.25) is 5.91 Å². The predicted octanol–water partition coefficient (Wildman–Crippen LogP) is 4.92. The minimum Gasteiger partial charge on any atom is -0.352 e. The number of amides is 1. The Morgan fingerprint density at radius 2 is 1.93 bits per heavy atom. The maximum atomic E-state index is 12.1. The van der Waals surface area contributed by atoms with Crippen LogP contribution in [0.4, 0.5) is 0 Å². The molecule has 4 rings (SSSR count). The fraction of sp³-hybridized carbons (Fsp3) is 0.375. The van der Waals surface area contributed by atoms with Gasteiger partial charge in [0, 0.05) is 19.0 Å². The highest BCUT2D eigenvalue weighted by atomic mass is 32.2. The quantitative estimate of drug-likeness (QED) is 0.415. The summed E-state index contributed by atoms with van der Waals surface area (Å²) in [4.78, 5) is 12.1. The molecule has 156 valence electrons. The van der Waals surface area contributed by atoms with Crippen molar-refractivity contribution in [3.63, 3.8) is 0 Å². The van der Waals surface area contributed by atoms with Gasteiger partial charge in [-0.2, -0.15) is 0 Å². The Labute approximate surface area is 182 Å². The number of aromatic nitrogens is 3. The third-order valence-corrected chi connectivity index (χ3v) is 6.62. The molecule has 3 aromatic rings. The van der Waals surface area contributed by atoms with E-state index in [9.17, 15) is 4.79 Å². The van der Waals surface area contributed by atoms with Crippen LogP contribution in [-0.2, 0) is 11.2 Å². The van der Waals surface area contributed by atoms with Gasteiger partial charge >= 0.3 is 0 Å². The lowest BCUT2D eigenvalue weighted by atomic mass is 9.95. The van der Waals surface area contributed by atoms with E-state index in [0.717, 1.165) is 30.2 Å². The Morgan fingerprint density at radius 3 is 2.77 bits per heavy atom. The first-order valence-electron chi connectivity index (χ1n) is 10.7. The Kier molecular flexibility index (Phi) is 6.84. The van der Waals surface area contributed by atoms with E-state index in [-0.39, 0.29) is 5.91 Å². The number of rotatable bonds is 8. The van der Waals surface area contributed by atoms with Crippen LogP contribution >= 0.6 is 11.8 Å². The van der Waals surface area contributed by atoms with Crippen molar-refractivity contribution in [3.8, 4) is 0 Å². The molecule has 0 aliphatic heterocycles. The summed E-state index contributed by atoms with van der Waals surface area (Å²) in [5.74, 6) is 1.33. The van der Waals surface area contributed by atoms with Crippen LogP contribution in [0.1, 0.15) is 49.5 Å². The minimum absolute atomic E-state index is 0.00584. The van der Waals surface area contributed by atoms with Gasteiger partial charge in [-0.05, 0) is 29.2 Å². The number of benzene rings is 2. The highest BCUT2D eigenvalue weighted by Crippen LogP contribution is 2.33. The maximum absolute atomic E-state index is 12.1. The van der Waals surface area contributed by atoms with E-state index in [1.807, 2.05) is 0 Å². The summed E-state index contributed by atoms with van der Waals surface area (Å²) in [5, 5.41) is 15.3. The molecule has 1 fully saturated rings. The molecule has 2 aromatic carbocycles. The van der Waals surface area contributed by atoms with Crippen LogP contribution < -0.4 is 5.32 Å². The van der Waals surface area contributed by atoms with E-state index in [1.54, 1.807) is 6.08 Å². The molecule has 1 aliphatic carbocycles. The second kappa shape index (κ2) is 9.94. The van der Waals surface area contributed by atoms with Crippen molar-refractivity contribution in [2.45, 2.75) is 49.7 Å². The highest BCUT2D eigenvalue weighted by molar-refractivity contribution is 7.99. The van der Waals surface area contributed by atoms with E-state index in [1.165, 1.54) is 47.4 Å². The Balaban J connectivity index is 1.61. The second-order valence-corrected chi connectivity index (χ2v) is 8.70. The van der Waals surface area contributed by atoms with Gasteiger partial charge in [0.15, 0.2) is 5.16 Å². The van der Waals surface area contributed by atoms with Gasteiger partial charge < -0.3 is 9.88 Å². The number of fused-ring (bicyclic) bond motifs is 1. The molecule has 30 heavy (non-hydrogen) atoms. The zero-order valence-electron chi connectivity index (χ0n) is 17.2. The average Bonchev–Trinajstić information content (AvgIpc) is 3.19. The molecule has 0 atom stereocenters. The first kappa shape index (κ1) is 20.7. The first-order chi connectivity index (χ1) is 14.8. The largest absolute Gasteiger partial charge is 0.352 e. The van der Waals surface area contributed by atoms with Gasteiger partial charge in [-0.3, -0.25) is 4.79 Å². The van der Waals surface area contributed by atoms with E-state index >= 15 is 0 Å². The number of nitrogens with one attached hydrogen (secondary N) is 1. The Hall–Kier alpha value is -2.60. The molecular formula is C24H28N4OS. The number of nitrogens with zero attached hydrogens (tertiary/aromatic N) is 3. The van der Waals surface area contributed by atoms with E-state index < -0.39 is 0 Å². The summed E-state index contributed by atoms with van der Waals surface area (Å²) in [5.41, 5.74) is 1.26. The summed E-state index contributed by atoms with van der Waals surface area (Å²) in [6.07, 6.45) is 8.50. The fourth-order valence-corrected chi connectivity index (χ4v) is 5.07. The molecule has 6 heteroatoms. The summed E-state index contributed by atoms with van der Waals surface area (Å²) in [6.45, 7) is 4.13. The lowest BCUT2D eigenvalue weighted by Gasteiger charge is -2.25. The molecule has 0 spiro atoms. The third kappa shape index (κ3) is 4.75. The van der Waals surface area contributed by atoms with E-state index in [0.29, 0.717) is 18.3 Å². The predicted molar refractivity (Wildman–Crippen MR) is 123 cm³/mol. The van der Waals surface area contributed by atoms with Gasteiger partial charge in [0.1, 0.15) is 5.82 Å². The standard InChI is InChI=1S/C24H28N4OS/c1-2-15-25-23(29)17-30-24-27-26-22(28(24)20-12-4-3-5-13-20)16-19-11-8-10-18-9-6-7-14-21(18)19/h2,6-11,14,20H,1,3-5,12-13,15-17H2,(H,25,29). The summed E-state index contributed by atoms with van der Waals surface area (Å²) in [6, 6.07) is 15.3. The monoisotopic (exact) mass is 420 g/mol. The molecule has 1 saturated carbocycles. The Bertz CT molecular complexity index is 1020. The first-order valence-corrected chi connectivity index (χ1v) is 11.7. The van der Waals surface area contributed by atoms with Crippen molar-refractivity contribution < 1.29 is 4.79 Å². The highest BCUT2D eigenvalue weighted by Gasteiger charge is 2.24. The van der Waals surface area contributed by atoms with Crippen molar-refractivity contribution in [2.75, 3.05) is 12.3 Å². The molecule has 1 N–H and O–H groups in total. The van der Waals surface area contributed by atoms with Crippen LogP contribution in [0.3, 0.4) is 0 Å². The minimum atomic E-state index is -0.00584. The third-order valence-electron chi connectivity index (χ3n) is 5.68. The SMILES string of the molecule is C=CCNC(=O)CSc1nnc(Cc2cccc3ccccc23)n1C1CCCCC1. The smallest absolute Gasteiger partial charge is 0.230 e. The van der Waals surface area contributed by atoms with E-state index in [2.05, 4.69) is 69.1 Å². The van der Waals surface area contributed by atoms with Crippen LogP contribution in [0, 0.1) is 0 Å². The van der Waals surface area contributed by atoms with E-state index in [4.69, 9.17) is 0 Å². The van der Waals surface area contributed by atoms with Gasteiger partial charge in [0.05, 0.1) is 5.75 Å². The van der Waals surface area contributed by atoms with Crippen LogP contribution in [0.25, 0.3) is 10.8 Å². The lowest BCUT2D eigenvalue weighted by Crippen LogP contribution is -2.25. The van der Waals surface area contributed by atoms with Gasteiger partial charge in [0.25, 0.3) is 0 Å². The molecular weight excluding hydrogens is 392 g/mol. The molecule has 0 unspecified atom stereocenters. The van der Waals surface area contributed by atoms with Crippen LogP contribution in [0.2, 0.25) is 0 Å². The zero-order valence-corrected chi connectivity index (χ0v) is 18.0. The average molecular weight is 421 g/mol.